The van der Waals surface area contributed by atoms with Crippen LogP contribution in [0.4, 0.5) is 0 Å². The number of hydrogen-bond acceptors (Lipinski definition) is 2. The number of hydrogen-bond donors (Lipinski definition) is 0. The molecule has 0 aliphatic carbocycles. The van der Waals surface area contributed by atoms with E-state index in [9.17, 15) is 4.79 Å². The molecule has 3 nitrogen and oxygen atoms in total. The Bertz CT molecular complexity index is 960. The molecule has 0 bridgehead atoms. The predicted octanol–water partition coefficient (Wildman–Crippen LogP) is 5.33. The van der Waals surface area contributed by atoms with E-state index in [1.54, 1.807) is 4.90 Å². The summed E-state index contributed by atoms with van der Waals surface area (Å²) in [6, 6.07) is 20.0. The molecule has 3 rings (SSSR count). The second-order valence-electron chi connectivity index (χ2n) is 6.57. The van der Waals surface area contributed by atoms with Crippen LogP contribution in [0.2, 0.25) is 0 Å². The molecular weight excluding hydrogens is 320 g/mol. The Kier molecular flexibility index (Phi) is 5.17. The molecule has 0 saturated heterocycles. The highest BCUT2D eigenvalue weighted by Gasteiger charge is 2.21. The molecule has 0 aliphatic heterocycles. The predicted molar refractivity (Wildman–Crippen MR) is 108 cm³/mol. The molecule has 0 aliphatic rings. The molecule has 132 valence electrons. The van der Waals surface area contributed by atoms with Gasteiger partial charge in [0, 0.05) is 24.0 Å². The summed E-state index contributed by atoms with van der Waals surface area (Å²) in [7, 11) is 1.83. The molecule has 2 aromatic carbocycles. The molecule has 0 spiro atoms. The lowest BCUT2D eigenvalue weighted by Crippen LogP contribution is -2.36. The van der Waals surface area contributed by atoms with Crippen molar-refractivity contribution in [1.82, 2.24) is 9.88 Å². The first kappa shape index (κ1) is 17.9. The topological polar surface area (TPSA) is 33.2 Å². The van der Waals surface area contributed by atoms with Crippen molar-refractivity contribution in [2.75, 3.05) is 7.05 Å². The highest BCUT2D eigenvalue weighted by Crippen LogP contribution is 2.28. The average molecular weight is 344 g/mol. The van der Waals surface area contributed by atoms with Crippen molar-refractivity contribution in [2.24, 2.45) is 0 Å². The molecular formula is C23H24N2O. The fourth-order valence-corrected chi connectivity index (χ4v) is 3.03. The second-order valence-corrected chi connectivity index (χ2v) is 6.57. The van der Waals surface area contributed by atoms with E-state index < -0.39 is 0 Å². The number of likely N-dealkylation sites (N-methyl/N-ethyl adjacent to an activating group) is 1. The van der Waals surface area contributed by atoms with Crippen molar-refractivity contribution >= 4 is 16.7 Å². The van der Waals surface area contributed by atoms with Crippen LogP contribution >= 0.6 is 0 Å². The van der Waals surface area contributed by atoms with Crippen LogP contribution in [0.15, 0.2) is 72.3 Å². The van der Waals surface area contributed by atoms with Crippen LogP contribution < -0.4 is 0 Å². The van der Waals surface area contributed by atoms with E-state index >= 15 is 0 Å². The number of fused-ring (bicyclic) bond motifs is 1. The zero-order chi connectivity index (χ0) is 18.7. The van der Waals surface area contributed by atoms with E-state index in [2.05, 4.69) is 6.07 Å². The molecule has 0 N–H and O–H groups in total. The number of aromatic nitrogens is 1. The Morgan fingerprint density at radius 1 is 1.08 bits per heavy atom. The van der Waals surface area contributed by atoms with E-state index in [1.165, 1.54) is 0 Å². The maximum Gasteiger partial charge on any atom is 0.272 e. The van der Waals surface area contributed by atoms with Gasteiger partial charge in [0.1, 0.15) is 5.69 Å². The Labute approximate surface area is 155 Å². The van der Waals surface area contributed by atoms with Crippen LogP contribution in [-0.4, -0.2) is 28.9 Å². The molecule has 0 saturated carbocycles. The molecule has 1 heterocycles. The molecule has 1 atom stereocenters. The molecule has 3 aromatic rings. The van der Waals surface area contributed by atoms with Gasteiger partial charge in [-0.25, -0.2) is 4.98 Å². The fraction of sp³-hybridized carbons (Fsp3) is 0.217. The lowest BCUT2D eigenvalue weighted by molar-refractivity contribution is 0.0758. The molecule has 0 fully saturated rings. The Balaban J connectivity index is 2.12. The third kappa shape index (κ3) is 3.38. The first-order valence-electron chi connectivity index (χ1n) is 8.88. The monoisotopic (exact) mass is 344 g/mol. The number of allylic oxidation sites excluding steroid dienone is 1. The van der Waals surface area contributed by atoms with Crippen molar-refractivity contribution in [3.63, 3.8) is 0 Å². The van der Waals surface area contributed by atoms with Gasteiger partial charge in [0.15, 0.2) is 0 Å². The summed E-state index contributed by atoms with van der Waals surface area (Å²) in [6.45, 7) is 6.07. The Hall–Kier alpha value is -2.94. The minimum absolute atomic E-state index is 0.0287. The number of carbonyl (C=O) groups excluding carboxylic acids is 1. The normalized spacial score (nSPS) is 12.8. The summed E-state index contributed by atoms with van der Waals surface area (Å²) in [5, 5.41) is 2.07. The van der Waals surface area contributed by atoms with Crippen molar-refractivity contribution in [1.29, 1.82) is 0 Å². The highest BCUT2D eigenvalue weighted by molar-refractivity contribution is 6.01. The Morgan fingerprint density at radius 3 is 2.42 bits per heavy atom. The van der Waals surface area contributed by atoms with Crippen molar-refractivity contribution < 1.29 is 4.79 Å². The summed E-state index contributed by atoms with van der Waals surface area (Å²) in [5.41, 5.74) is 3.49. The summed E-state index contributed by atoms with van der Waals surface area (Å²) in [6.07, 6.45) is 2.04. The molecule has 0 radical (unpaired) electrons. The molecule has 1 amide bonds. The van der Waals surface area contributed by atoms with Gasteiger partial charge in [0.25, 0.3) is 5.91 Å². The van der Waals surface area contributed by atoms with Gasteiger partial charge >= 0.3 is 0 Å². The third-order valence-corrected chi connectivity index (χ3v) is 5.02. The van der Waals surface area contributed by atoms with Gasteiger partial charge < -0.3 is 4.90 Å². The number of carbonyl (C=O) groups is 1. The average Bonchev–Trinajstić information content (AvgIpc) is 2.71. The van der Waals surface area contributed by atoms with E-state index in [0.717, 1.165) is 27.6 Å². The molecule has 1 aromatic heterocycles. The number of rotatable bonds is 4. The van der Waals surface area contributed by atoms with Crippen molar-refractivity contribution in [3.05, 3.63) is 78.0 Å². The van der Waals surface area contributed by atoms with Crippen molar-refractivity contribution in [2.45, 2.75) is 26.8 Å². The highest BCUT2D eigenvalue weighted by atomic mass is 16.2. The standard InChI is InChI=1S/C23H24N2O/c1-5-16(2)17(3)25(4)23(26)21-15-19-13-9-10-14-20(19)22(24-21)18-11-7-6-8-12-18/h5-15,17H,1-4H3/b16-5+. The van der Waals surface area contributed by atoms with Gasteiger partial charge in [-0.3, -0.25) is 4.79 Å². The van der Waals surface area contributed by atoms with E-state index in [1.807, 2.05) is 88.5 Å². The quantitative estimate of drug-likeness (QED) is 0.599. The zero-order valence-corrected chi connectivity index (χ0v) is 15.7. The molecule has 26 heavy (non-hydrogen) atoms. The summed E-state index contributed by atoms with van der Waals surface area (Å²) < 4.78 is 0. The van der Waals surface area contributed by atoms with Gasteiger partial charge in [-0.05, 0) is 32.2 Å². The van der Waals surface area contributed by atoms with E-state index in [4.69, 9.17) is 4.98 Å². The Morgan fingerprint density at radius 2 is 1.73 bits per heavy atom. The minimum Gasteiger partial charge on any atom is -0.334 e. The number of nitrogens with zero attached hydrogens (tertiary/aromatic N) is 2. The van der Waals surface area contributed by atoms with Gasteiger partial charge in [0.05, 0.1) is 5.69 Å². The molecule has 3 heteroatoms. The molecule has 1 unspecified atom stereocenters. The van der Waals surface area contributed by atoms with E-state index in [-0.39, 0.29) is 11.9 Å². The first-order chi connectivity index (χ1) is 12.5. The SMILES string of the molecule is C/C=C(\C)C(C)N(C)C(=O)c1cc2ccccc2c(-c2ccccc2)n1. The van der Waals surface area contributed by atoms with E-state index in [0.29, 0.717) is 5.69 Å². The zero-order valence-electron chi connectivity index (χ0n) is 15.7. The van der Waals surface area contributed by atoms with Crippen LogP contribution in [0.25, 0.3) is 22.0 Å². The van der Waals surface area contributed by atoms with Gasteiger partial charge in [0.2, 0.25) is 0 Å². The maximum atomic E-state index is 13.1. The smallest absolute Gasteiger partial charge is 0.272 e. The second kappa shape index (κ2) is 7.52. The van der Waals surface area contributed by atoms with Gasteiger partial charge in [-0.2, -0.15) is 0 Å². The minimum atomic E-state index is -0.0679. The lowest BCUT2D eigenvalue weighted by atomic mass is 10.0. The summed E-state index contributed by atoms with van der Waals surface area (Å²) in [5.74, 6) is -0.0679. The van der Waals surface area contributed by atoms with Crippen LogP contribution in [0, 0.1) is 0 Å². The maximum absolute atomic E-state index is 13.1. The van der Waals surface area contributed by atoms with Crippen molar-refractivity contribution in [3.8, 4) is 11.3 Å². The van der Waals surface area contributed by atoms with Crippen LogP contribution in [0.5, 0.6) is 0 Å². The van der Waals surface area contributed by atoms with Gasteiger partial charge in [-0.1, -0.05) is 66.2 Å². The summed E-state index contributed by atoms with van der Waals surface area (Å²) in [4.78, 5) is 19.6. The fourth-order valence-electron chi connectivity index (χ4n) is 3.03. The number of amides is 1. The number of benzene rings is 2. The van der Waals surface area contributed by atoms with Crippen LogP contribution in [0.3, 0.4) is 0 Å². The third-order valence-electron chi connectivity index (χ3n) is 5.02. The largest absolute Gasteiger partial charge is 0.334 e. The number of pyridine rings is 1. The van der Waals surface area contributed by atoms with Gasteiger partial charge in [-0.15, -0.1) is 0 Å². The summed E-state index contributed by atoms with van der Waals surface area (Å²) >= 11 is 0. The van der Waals surface area contributed by atoms with Crippen LogP contribution in [0.1, 0.15) is 31.3 Å². The van der Waals surface area contributed by atoms with Crippen LogP contribution in [-0.2, 0) is 0 Å². The first-order valence-corrected chi connectivity index (χ1v) is 8.88. The lowest BCUT2D eigenvalue weighted by Gasteiger charge is -2.25.